The Morgan fingerprint density at radius 1 is 1.14 bits per heavy atom. The fraction of sp³-hybridized carbons (Fsp3) is 0.652. The third kappa shape index (κ3) is 6.28. The lowest BCUT2D eigenvalue weighted by atomic mass is 9.97. The van der Waals surface area contributed by atoms with Crippen molar-refractivity contribution < 1.29 is 19.5 Å². The van der Waals surface area contributed by atoms with E-state index in [9.17, 15) is 9.59 Å². The molecule has 2 aliphatic carbocycles. The van der Waals surface area contributed by atoms with Crippen molar-refractivity contribution in [2.45, 2.75) is 77.5 Å². The van der Waals surface area contributed by atoms with Crippen LogP contribution in [0.25, 0.3) is 0 Å². The first kappa shape index (κ1) is 21.8. The Balaban J connectivity index is 1.50. The number of carbonyl (C=O) groups is 2. The molecule has 4 atom stereocenters. The number of carbonyl (C=O) groups excluding carboxylic acids is 2. The van der Waals surface area contributed by atoms with Gasteiger partial charge in [0, 0.05) is 13.0 Å². The smallest absolute Gasteiger partial charge is 0.323 e. The Morgan fingerprint density at radius 2 is 1.86 bits per heavy atom. The van der Waals surface area contributed by atoms with Gasteiger partial charge in [0.1, 0.15) is 12.1 Å². The molecule has 1 amide bonds. The summed E-state index contributed by atoms with van der Waals surface area (Å²) in [7, 11) is 0. The molecule has 3 rings (SSSR count). The topological polar surface area (TPSA) is 87.7 Å². The number of ether oxygens (including phenoxy) is 1. The Kier molecular flexibility index (Phi) is 7.67. The Hall–Kier alpha value is -1.92. The van der Waals surface area contributed by atoms with Crippen molar-refractivity contribution in [2.75, 3.05) is 0 Å². The quantitative estimate of drug-likeness (QED) is 0.317. The zero-order chi connectivity index (χ0) is 20.8. The lowest BCUT2D eigenvalue weighted by Gasteiger charge is -2.26. The first-order chi connectivity index (χ1) is 13.9. The minimum atomic E-state index is -0.388. The second kappa shape index (κ2) is 10.2. The summed E-state index contributed by atoms with van der Waals surface area (Å²) < 4.78 is 5.92. The molecule has 2 bridgehead atoms. The van der Waals surface area contributed by atoms with E-state index in [1.54, 1.807) is 5.48 Å². The third-order valence-electron chi connectivity index (χ3n) is 6.27. The van der Waals surface area contributed by atoms with E-state index in [1.165, 1.54) is 19.3 Å². The molecule has 6 nitrogen and oxygen atoms in total. The van der Waals surface area contributed by atoms with E-state index >= 15 is 0 Å². The first-order valence-electron chi connectivity index (χ1n) is 10.9. The van der Waals surface area contributed by atoms with E-state index in [0.717, 1.165) is 29.9 Å². The van der Waals surface area contributed by atoms with Gasteiger partial charge < -0.3 is 10.1 Å². The SMILES string of the molecule is CC(C)C[C@@H](NCc1ccc(CCC(=O)NO)cc1)C(=O)OC1CC2CCC1C2. The van der Waals surface area contributed by atoms with Gasteiger partial charge in [0.2, 0.25) is 5.91 Å². The fourth-order valence-electron chi connectivity index (χ4n) is 4.67. The average Bonchev–Trinajstić information content (AvgIpc) is 3.33. The second-order valence-corrected chi connectivity index (χ2v) is 9.06. The van der Waals surface area contributed by atoms with E-state index in [0.29, 0.717) is 24.8 Å². The largest absolute Gasteiger partial charge is 0.461 e. The molecule has 0 heterocycles. The van der Waals surface area contributed by atoms with Gasteiger partial charge in [0.05, 0.1) is 0 Å². The molecule has 2 saturated carbocycles. The normalized spacial score (nSPS) is 23.9. The molecule has 3 unspecified atom stereocenters. The molecule has 2 fully saturated rings. The molecule has 160 valence electrons. The summed E-state index contributed by atoms with van der Waals surface area (Å²) in [5.41, 5.74) is 3.77. The number of rotatable bonds is 10. The van der Waals surface area contributed by atoms with Crippen molar-refractivity contribution in [2.24, 2.45) is 17.8 Å². The van der Waals surface area contributed by atoms with Gasteiger partial charge in [-0.05, 0) is 67.4 Å². The van der Waals surface area contributed by atoms with Gasteiger partial charge in [0.15, 0.2) is 0 Å². The van der Waals surface area contributed by atoms with E-state index in [4.69, 9.17) is 9.94 Å². The van der Waals surface area contributed by atoms with Crippen LogP contribution in [0.15, 0.2) is 24.3 Å². The number of hydrogen-bond donors (Lipinski definition) is 3. The van der Waals surface area contributed by atoms with Gasteiger partial charge in [-0.2, -0.15) is 0 Å². The van der Waals surface area contributed by atoms with Crippen molar-refractivity contribution in [1.82, 2.24) is 10.8 Å². The molecule has 0 radical (unpaired) electrons. The molecule has 0 spiro atoms. The van der Waals surface area contributed by atoms with Crippen LogP contribution in [-0.4, -0.2) is 29.2 Å². The minimum absolute atomic E-state index is 0.108. The highest BCUT2D eigenvalue weighted by molar-refractivity contribution is 5.76. The monoisotopic (exact) mass is 402 g/mol. The molecular formula is C23H34N2O4. The van der Waals surface area contributed by atoms with Crippen molar-refractivity contribution >= 4 is 11.9 Å². The van der Waals surface area contributed by atoms with Gasteiger partial charge in [-0.3, -0.25) is 14.8 Å². The lowest BCUT2D eigenvalue weighted by Crippen LogP contribution is -2.41. The van der Waals surface area contributed by atoms with Crippen molar-refractivity contribution in [3.8, 4) is 0 Å². The molecule has 1 aromatic rings. The molecule has 1 aromatic carbocycles. The Morgan fingerprint density at radius 3 is 2.45 bits per heavy atom. The van der Waals surface area contributed by atoms with Gasteiger partial charge >= 0.3 is 5.97 Å². The standard InChI is InChI=1S/C23H34N2O4/c1-15(2)11-20(23(27)29-21-13-18-7-9-19(21)12-18)24-14-17-5-3-16(4-6-17)8-10-22(26)25-28/h3-6,15,18-21,24,28H,7-14H2,1-2H3,(H,25,26)/t18?,19?,20-,21?/m1/s1. The van der Waals surface area contributed by atoms with E-state index < -0.39 is 0 Å². The van der Waals surface area contributed by atoms with Gasteiger partial charge in [-0.25, -0.2) is 5.48 Å². The minimum Gasteiger partial charge on any atom is -0.461 e. The summed E-state index contributed by atoms with van der Waals surface area (Å²) in [6, 6.07) is 7.68. The van der Waals surface area contributed by atoms with Crippen molar-refractivity contribution in [3.05, 3.63) is 35.4 Å². The summed E-state index contributed by atoms with van der Waals surface area (Å²) in [5, 5.41) is 12.0. The van der Waals surface area contributed by atoms with Gasteiger partial charge in [-0.1, -0.05) is 38.1 Å². The van der Waals surface area contributed by atoms with Crippen LogP contribution in [0.3, 0.4) is 0 Å². The summed E-state index contributed by atoms with van der Waals surface area (Å²) in [5.74, 6) is 1.24. The van der Waals surface area contributed by atoms with Crippen LogP contribution in [0, 0.1) is 17.8 Å². The highest BCUT2D eigenvalue weighted by Crippen LogP contribution is 2.46. The molecule has 0 aliphatic heterocycles. The van der Waals surface area contributed by atoms with Crippen LogP contribution in [0.1, 0.15) is 63.5 Å². The molecule has 6 heteroatoms. The van der Waals surface area contributed by atoms with Crippen LogP contribution >= 0.6 is 0 Å². The number of benzene rings is 1. The van der Waals surface area contributed by atoms with Gasteiger partial charge in [-0.15, -0.1) is 0 Å². The second-order valence-electron chi connectivity index (χ2n) is 9.06. The zero-order valence-corrected chi connectivity index (χ0v) is 17.5. The molecular weight excluding hydrogens is 368 g/mol. The third-order valence-corrected chi connectivity index (χ3v) is 6.27. The number of fused-ring (bicyclic) bond motifs is 2. The predicted molar refractivity (Wildman–Crippen MR) is 110 cm³/mol. The molecule has 2 aliphatic rings. The zero-order valence-electron chi connectivity index (χ0n) is 17.5. The highest BCUT2D eigenvalue weighted by Gasteiger charge is 2.42. The number of nitrogens with one attached hydrogen (secondary N) is 2. The predicted octanol–water partition coefficient (Wildman–Crippen LogP) is 3.36. The van der Waals surface area contributed by atoms with Crippen LogP contribution < -0.4 is 10.8 Å². The summed E-state index contributed by atoms with van der Waals surface area (Å²) >= 11 is 0. The van der Waals surface area contributed by atoms with Crippen LogP contribution in [-0.2, 0) is 27.3 Å². The number of hydroxylamine groups is 1. The fourth-order valence-corrected chi connectivity index (χ4v) is 4.67. The van der Waals surface area contributed by atoms with Gasteiger partial charge in [0.25, 0.3) is 0 Å². The van der Waals surface area contributed by atoms with Crippen molar-refractivity contribution in [1.29, 1.82) is 0 Å². The Labute approximate surface area is 173 Å². The Bertz CT molecular complexity index is 689. The summed E-state index contributed by atoms with van der Waals surface area (Å²) in [6.07, 6.45) is 6.48. The number of esters is 1. The average molecular weight is 403 g/mol. The number of amides is 1. The molecule has 3 N–H and O–H groups in total. The molecule has 0 saturated heterocycles. The van der Waals surface area contributed by atoms with E-state index in [2.05, 4.69) is 19.2 Å². The summed E-state index contributed by atoms with van der Waals surface area (Å²) in [4.78, 5) is 24.0. The maximum atomic E-state index is 12.8. The molecule has 29 heavy (non-hydrogen) atoms. The van der Waals surface area contributed by atoms with E-state index in [-0.39, 0.29) is 30.4 Å². The summed E-state index contributed by atoms with van der Waals surface area (Å²) in [6.45, 7) is 4.84. The maximum Gasteiger partial charge on any atom is 0.323 e. The highest BCUT2D eigenvalue weighted by atomic mass is 16.5. The number of aryl methyl sites for hydroxylation is 1. The molecule has 0 aromatic heterocycles. The lowest BCUT2D eigenvalue weighted by molar-refractivity contribution is -0.154. The number of hydrogen-bond acceptors (Lipinski definition) is 5. The van der Waals surface area contributed by atoms with Crippen LogP contribution in [0.2, 0.25) is 0 Å². The first-order valence-corrected chi connectivity index (χ1v) is 10.9. The van der Waals surface area contributed by atoms with E-state index in [1.807, 2.05) is 24.3 Å². The van der Waals surface area contributed by atoms with Crippen LogP contribution in [0.4, 0.5) is 0 Å². The van der Waals surface area contributed by atoms with Crippen LogP contribution in [0.5, 0.6) is 0 Å². The van der Waals surface area contributed by atoms with Crippen molar-refractivity contribution in [3.63, 3.8) is 0 Å². The maximum absolute atomic E-state index is 12.8.